The van der Waals surface area contributed by atoms with Gasteiger partial charge in [0.05, 0.1) is 18.1 Å². The molecule has 2 aromatic rings. The van der Waals surface area contributed by atoms with Gasteiger partial charge in [-0.2, -0.15) is 0 Å². The van der Waals surface area contributed by atoms with Crippen molar-refractivity contribution in [2.24, 2.45) is 7.05 Å². The number of nitrogens with one attached hydrogen (secondary N) is 1. The molecule has 1 atom stereocenters. The fraction of sp³-hybridized carbons (Fsp3) is 0.421. The Morgan fingerprint density at radius 2 is 2.12 bits per heavy atom. The van der Waals surface area contributed by atoms with Gasteiger partial charge in [0.15, 0.2) is 0 Å². The minimum absolute atomic E-state index is 0.0161. The van der Waals surface area contributed by atoms with Gasteiger partial charge in [0.2, 0.25) is 5.91 Å². The molecule has 1 N–H and O–H groups in total. The number of ether oxygens (including phenoxy) is 1. The van der Waals surface area contributed by atoms with Crippen LogP contribution in [0.25, 0.3) is 0 Å². The molecule has 0 fully saturated rings. The van der Waals surface area contributed by atoms with Crippen molar-refractivity contribution in [2.75, 3.05) is 6.61 Å². The minimum Gasteiger partial charge on any atom is -0.492 e. The quantitative estimate of drug-likeness (QED) is 0.789. The van der Waals surface area contributed by atoms with Crippen LogP contribution in [0, 0.1) is 0 Å². The molecular weight excluding hydrogens is 324 g/mol. The van der Waals surface area contributed by atoms with E-state index in [1.807, 2.05) is 45.3 Å². The fourth-order valence-electron chi connectivity index (χ4n) is 2.69. The Morgan fingerprint density at radius 1 is 1.33 bits per heavy atom. The SMILES string of the molecule is CCOc1c(Cl)cccc1CC(=O)N[C@@H](C)CCc1cccn1C. The number of nitrogens with zero attached hydrogens (tertiary/aromatic N) is 1. The predicted molar refractivity (Wildman–Crippen MR) is 97.7 cm³/mol. The van der Waals surface area contributed by atoms with Crippen molar-refractivity contribution in [3.05, 3.63) is 52.8 Å². The molecule has 0 bridgehead atoms. The highest BCUT2D eigenvalue weighted by molar-refractivity contribution is 6.32. The number of hydrogen-bond donors (Lipinski definition) is 1. The average molecular weight is 349 g/mol. The standard InChI is InChI=1S/C19H25ClN2O2/c1-4-24-19-15(7-5-9-17(19)20)13-18(23)21-14(2)10-11-16-8-6-12-22(16)3/h5-9,12,14H,4,10-11,13H2,1-3H3,(H,21,23)/t14-/m0/s1. The van der Waals surface area contributed by atoms with Gasteiger partial charge < -0.3 is 14.6 Å². The molecule has 0 spiro atoms. The van der Waals surface area contributed by atoms with Gasteiger partial charge in [-0.05, 0) is 44.9 Å². The van der Waals surface area contributed by atoms with Crippen LogP contribution >= 0.6 is 11.6 Å². The van der Waals surface area contributed by atoms with E-state index in [9.17, 15) is 4.79 Å². The monoisotopic (exact) mass is 348 g/mol. The molecule has 0 aliphatic heterocycles. The predicted octanol–water partition coefficient (Wildman–Crippen LogP) is 3.76. The summed E-state index contributed by atoms with van der Waals surface area (Å²) < 4.78 is 7.67. The Kier molecular flexibility index (Phi) is 6.73. The molecule has 1 amide bonds. The first-order valence-electron chi connectivity index (χ1n) is 8.31. The van der Waals surface area contributed by atoms with E-state index in [1.54, 1.807) is 6.07 Å². The van der Waals surface area contributed by atoms with Gasteiger partial charge in [-0.1, -0.05) is 23.7 Å². The maximum atomic E-state index is 12.3. The van der Waals surface area contributed by atoms with Crippen molar-refractivity contribution in [1.29, 1.82) is 0 Å². The van der Waals surface area contributed by atoms with Gasteiger partial charge in [0.1, 0.15) is 5.75 Å². The third-order valence-corrected chi connectivity index (χ3v) is 4.28. The molecule has 24 heavy (non-hydrogen) atoms. The van der Waals surface area contributed by atoms with Crippen LogP contribution in [0.2, 0.25) is 5.02 Å². The van der Waals surface area contributed by atoms with E-state index in [0.717, 1.165) is 18.4 Å². The summed E-state index contributed by atoms with van der Waals surface area (Å²) in [5.74, 6) is 0.589. The summed E-state index contributed by atoms with van der Waals surface area (Å²) in [5.41, 5.74) is 2.08. The average Bonchev–Trinajstić information content (AvgIpc) is 2.94. The minimum atomic E-state index is -0.0161. The smallest absolute Gasteiger partial charge is 0.224 e. The first-order valence-corrected chi connectivity index (χ1v) is 8.68. The number of aryl methyl sites for hydroxylation is 2. The van der Waals surface area contributed by atoms with E-state index in [-0.39, 0.29) is 18.4 Å². The molecule has 1 aromatic heterocycles. The lowest BCUT2D eigenvalue weighted by atomic mass is 10.1. The van der Waals surface area contributed by atoms with Gasteiger partial charge >= 0.3 is 0 Å². The molecule has 0 aliphatic rings. The number of carbonyl (C=O) groups is 1. The summed E-state index contributed by atoms with van der Waals surface area (Å²) in [4.78, 5) is 12.3. The first-order chi connectivity index (χ1) is 11.5. The molecule has 0 saturated heterocycles. The van der Waals surface area contributed by atoms with Crippen molar-refractivity contribution in [3.63, 3.8) is 0 Å². The van der Waals surface area contributed by atoms with Crippen LogP contribution in [0.3, 0.4) is 0 Å². The van der Waals surface area contributed by atoms with Crippen LogP contribution in [-0.2, 0) is 24.7 Å². The molecule has 1 aromatic carbocycles. The van der Waals surface area contributed by atoms with Gasteiger partial charge in [-0.3, -0.25) is 4.79 Å². The van der Waals surface area contributed by atoms with Crippen LogP contribution in [0.15, 0.2) is 36.5 Å². The second-order valence-corrected chi connectivity index (χ2v) is 6.36. The number of hydrogen-bond acceptors (Lipinski definition) is 2. The molecule has 130 valence electrons. The number of halogens is 1. The second kappa shape index (κ2) is 8.78. The van der Waals surface area contributed by atoms with Crippen LogP contribution < -0.4 is 10.1 Å². The third-order valence-electron chi connectivity index (χ3n) is 3.98. The van der Waals surface area contributed by atoms with E-state index < -0.39 is 0 Å². The summed E-state index contributed by atoms with van der Waals surface area (Å²) in [5, 5.41) is 3.59. The molecular formula is C19H25ClN2O2. The first kappa shape index (κ1) is 18.4. The van der Waals surface area contributed by atoms with Gasteiger partial charge in [-0.15, -0.1) is 0 Å². The largest absolute Gasteiger partial charge is 0.492 e. The van der Waals surface area contributed by atoms with Crippen molar-refractivity contribution < 1.29 is 9.53 Å². The maximum Gasteiger partial charge on any atom is 0.224 e. The van der Waals surface area contributed by atoms with E-state index >= 15 is 0 Å². The Hall–Kier alpha value is -1.94. The van der Waals surface area contributed by atoms with Gasteiger partial charge in [0.25, 0.3) is 0 Å². The molecule has 5 heteroatoms. The van der Waals surface area contributed by atoms with Crippen molar-refractivity contribution in [3.8, 4) is 5.75 Å². The van der Waals surface area contributed by atoms with Crippen molar-refractivity contribution in [2.45, 2.75) is 39.2 Å². The van der Waals surface area contributed by atoms with Crippen LogP contribution in [0.4, 0.5) is 0 Å². The number of para-hydroxylation sites is 1. The highest BCUT2D eigenvalue weighted by Crippen LogP contribution is 2.29. The Balaban J connectivity index is 1.89. The van der Waals surface area contributed by atoms with Gasteiger partial charge in [0, 0.05) is 30.5 Å². The Bertz CT molecular complexity index is 682. The molecule has 1 heterocycles. The summed E-state index contributed by atoms with van der Waals surface area (Å²) in [6.45, 7) is 4.45. The number of carbonyl (C=O) groups excluding carboxylic acids is 1. The molecule has 0 aliphatic carbocycles. The van der Waals surface area contributed by atoms with Crippen LogP contribution in [-0.4, -0.2) is 23.1 Å². The highest BCUT2D eigenvalue weighted by Gasteiger charge is 2.14. The zero-order chi connectivity index (χ0) is 17.5. The number of amides is 1. The van der Waals surface area contributed by atoms with Gasteiger partial charge in [-0.25, -0.2) is 0 Å². The van der Waals surface area contributed by atoms with Crippen LogP contribution in [0.1, 0.15) is 31.5 Å². The number of aromatic nitrogens is 1. The zero-order valence-electron chi connectivity index (χ0n) is 14.5. The number of rotatable bonds is 8. The highest BCUT2D eigenvalue weighted by atomic mass is 35.5. The summed E-state index contributed by atoms with van der Waals surface area (Å²) in [6, 6.07) is 9.75. The fourth-order valence-corrected chi connectivity index (χ4v) is 2.94. The topological polar surface area (TPSA) is 43.3 Å². The van der Waals surface area contributed by atoms with E-state index in [4.69, 9.17) is 16.3 Å². The third kappa shape index (κ3) is 5.03. The van der Waals surface area contributed by atoms with E-state index in [0.29, 0.717) is 17.4 Å². The van der Waals surface area contributed by atoms with E-state index in [2.05, 4.69) is 16.0 Å². The zero-order valence-corrected chi connectivity index (χ0v) is 15.3. The lowest BCUT2D eigenvalue weighted by Gasteiger charge is -2.16. The summed E-state index contributed by atoms with van der Waals surface area (Å²) in [6.07, 6.45) is 4.14. The second-order valence-electron chi connectivity index (χ2n) is 5.96. The molecule has 2 rings (SSSR count). The molecule has 0 saturated carbocycles. The molecule has 4 nitrogen and oxygen atoms in total. The Morgan fingerprint density at radius 3 is 2.79 bits per heavy atom. The molecule has 0 radical (unpaired) electrons. The molecule has 0 unspecified atom stereocenters. The lowest BCUT2D eigenvalue weighted by molar-refractivity contribution is -0.121. The number of benzene rings is 1. The van der Waals surface area contributed by atoms with E-state index in [1.165, 1.54) is 5.69 Å². The lowest BCUT2D eigenvalue weighted by Crippen LogP contribution is -2.34. The normalized spacial score (nSPS) is 12.0. The van der Waals surface area contributed by atoms with Crippen LogP contribution in [0.5, 0.6) is 5.75 Å². The Labute approximate surface area is 148 Å². The van der Waals surface area contributed by atoms with Crippen molar-refractivity contribution >= 4 is 17.5 Å². The summed E-state index contributed by atoms with van der Waals surface area (Å²) in [7, 11) is 2.03. The summed E-state index contributed by atoms with van der Waals surface area (Å²) >= 11 is 6.16. The maximum absolute atomic E-state index is 12.3. The van der Waals surface area contributed by atoms with Crippen molar-refractivity contribution in [1.82, 2.24) is 9.88 Å².